The van der Waals surface area contributed by atoms with Crippen LogP contribution >= 0.6 is 0 Å². The van der Waals surface area contributed by atoms with Gasteiger partial charge in [0.2, 0.25) is 0 Å². The Bertz CT molecular complexity index is 685. The van der Waals surface area contributed by atoms with Gasteiger partial charge >= 0.3 is 0 Å². The van der Waals surface area contributed by atoms with E-state index < -0.39 is 4.92 Å². The Morgan fingerprint density at radius 1 is 1.40 bits per heavy atom. The first kappa shape index (κ1) is 13.5. The van der Waals surface area contributed by atoms with Gasteiger partial charge in [-0.05, 0) is 19.1 Å². The number of nitrogens with one attached hydrogen (secondary N) is 1. The highest BCUT2D eigenvalue weighted by molar-refractivity contribution is 5.97. The van der Waals surface area contributed by atoms with Gasteiger partial charge in [0.05, 0.1) is 22.2 Å². The summed E-state index contributed by atoms with van der Waals surface area (Å²) in [5.41, 5.74) is 6.20. The Kier molecular flexibility index (Phi) is 3.60. The molecule has 0 unspecified atom stereocenters. The molecule has 102 valence electrons. The fourth-order valence-corrected chi connectivity index (χ4v) is 1.71. The summed E-state index contributed by atoms with van der Waals surface area (Å²) in [6.45, 7) is 1.59. The van der Waals surface area contributed by atoms with E-state index in [0.29, 0.717) is 16.9 Å². The number of nitrogens with two attached hydrogens (primary N) is 1. The van der Waals surface area contributed by atoms with Crippen molar-refractivity contribution in [2.75, 3.05) is 0 Å². The van der Waals surface area contributed by atoms with Crippen LogP contribution in [0, 0.1) is 22.4 Å². The topological polar surface area (TPSA) is 115 Å². The lowest BCUT2D eigenvalue weighted by Crippen LogP contribution is -2.12. The van der Waals surface area contributed by atoms with E-state index in [0.717, 1.165) is 0 Å². The molecule has 0 aliphatic rings. The smallest absolute Gasteiger partial charge is 0.276 e. The van der Waals surface area contributed by atoms with Crippen molar-refractivity contribution in [1.82, 2.24) is 4.98 Å². The predicted molar refractivity (Wildman–Crippen MR) is 73.2 cm³/mol. The molecule has 0 bridgehead atoms. The summed E-state index contributed by atoms with van der Waals surface area (Å²) < 4.78 is 5.60. The number of ether oxygens (including phenoxy) is 1. The van der Waals surface area contributed by atoms with Crippen LogP contribution in [-0.2, 0) is 0 Å². The van der Waals surface area contributed by atoms with Gasteiger partial charge in [0.1, 0.15) is 11.6 Å². The zero-order valence-corrected chi connectivity index (χ0v) is 10.7. The zero-order valence-electron chi connectivity index (χ0n) is 10.7. The number of nitro groups is 1. The maximum absolute atomic E-state index is 10.9. The standard InChI is InChI=1S/C13H12N4O3/c1-8-10(17(18)19)3-2-4-11(8)20-12-7-16-6-5-9(12)13(14)15/h2-7H,1H3,(H3,14,15). The van der Waals surface area contributed by atoms with E-state index in [2.05, 4.69) is 4.98 Å². The SMILES string of the molecule is Cc1c(Oc2cnccc2C(=N)N)cccc1[N+](=O)[O-]. The van der Waals surface area contributed by atoms with Crippen molar-refractivity contribution in [3.8, 4) is 11.5 Å². The first-order valence-corrected chi connectivity index (χ1v) is 5.71. The van der Waals surface area contributed by atoms with E-state index in [1.165, 1.54) is 24.5 Å². The molecule has 0 saturated carbocycles. The van der Waals surface area contributed by atoms with Crippen molar-refractivity contribution in [3.63, 3.8) is 0 Å². The number of nitrogen functional groups attached to an aromatic ring is 1. The van der Waals surface area contributed by atoms with Crippen LogP contribution in [0.25, 0.3) is 0 Å². The third-order valence-corrected chi connectivity index (χ3v) is 2.75. The summed E-state index contributed by atoms with van der Waals surface area (Å²) in [7, 11) is 0. The van der Waals surface area contributed by atoms with Crippen LogP contribution in [0.4, 0.5) is 5.69 Å². The lowest BCUT2D eigenvalue weighted by atomic mass is 10.2. The molecular formula is C13H12N4O3. The second-order valence-electron chi connectivity index (χ2n) is 4.04. The van der Waals surface area contributed by atoms with Gasteiger partial charge in [-0.3, -0.25) is 20.5 Å². The molecule has 0 aliphatic heterocycles. The van der Waals surface area contributed by atoms with Gasteiger partial charge in [0, 0.05) is 12.3 Å². The van der Waals surface area contributed by atoms with Crippen LogP contribution in [0.15, 0.2) is 36.7 Å². The van der Waals surface area contributed by atoms with Gasteiger partial charge in [0.25, 0.3) is 5.69 Å². The van der Waals surface area contributed by atoms with Crippen LogP contribution in [-0.4, -0.2) is 15.7 Å². The molecule has 0 saturated heterocycles. The van der Waals surface area contributed by atoms with Crippen molar-refractivity contribution < 1.29 is 9.66 Å². The Hall–Kier alpha value is -2.96. The number of aromatic nitrogens is 1. The molecule has 0 fully saturated rings. The molecule has 20 heavy (non-hydrogen) atoms. The van der Waals surface area contributed by atoms with Gasteiger partial charge in [-0.15, -0.1) is 0 Å². The van der Waals surface area contributed by atoms with E-state index >= 15 is 0 Å². The number of amidine groups is 1. The molecule has 0 aliphatic carbocycles. The quantitative estimate of drug-likeness (QED) is 0.383. The maximum Gasteiger partial charge on any atom is 0.276 e. The summed E-state index contributed by atoms with van der Waals surface area (Å²) >= 11 is 0. The highest BCUT2D eigenvalue weighted by Crippen LogP contribution is 2.31. The number of hydrogen-bond donors (Lipinski definition) is 2. The molecule has 3 N–H and O–H groups in total. The molecule has 0 atom stereocenters. The lowest BCUT2D eigenvalue weighted by molar-refractivity contribution is -0.385. The summed E-state index contributed by atoms with van der Waals surface area (Å²) in [5.74, 6) is 0.448. The fourth-order valence-electron chi connectivity index (χ4n) is 1.71. The average Bonchev–Trinajstić information content (AvgIpc) is 2.41. The second-order valence-corrected chi connectivity index (χ2v) is 4.04. The molecule has 1 aromatic heterocycles. The first-order valence-electron chi connectivity index (χ1n) is 5.71. The van der Waals surface area contributed by atoms with Gasteiger partial charge < -0.3 is 10.5 Å². The summed E-state index contributed by atoms with van der Waals surface area (Å²) in [6.07, 6.45) is 2.90. The maximum atomic E-state index is 10.9. The first-order chi connectivity index (χ1) is 9.50. The Labute approximate surface area is 114 Å². The van der Waals surface area contributed by atoms with E-state index in [-0.39, 0.29) is 17.3 Å². The number of nitrogens with zero attached hydrogens (tertiary/aromatic N) is 2. The van der Waals surface area contributed by atoms with Crippen LogP contribution in [0.1, 0.15) is 11.1 Å². The summed E-state index contributed by atoms with van der Waals surface area (Å²) in [6, 6.07) is 6.09. The predicted octanol–water partition coefficient (Wildman–Crippen LogP) is 2.37. The van der Waals surface area contributed by atoms with Gasteiger partial charge in [-0.1, -0.05) is 6.07 Å². The van der Waals surface area contributed by atoms with Crippen LogP contribution in [0.5, 0.6) is 11.5 Å². The minimum absolute atomic E-state index is 0.0317. The number of pyridine rings is 1. The minimum atomic E-state index is -0.475. The van der Waals surface area contributed by atoms with Crippen molar-refractivity contribution in [3.05, 3.63) is 57.9 Å². The van der Waals surface area contributed by atoms with Crippen molar-refractivity contribution >= 4 is 11.5 Å². The Balaban J connectivity index is 2.43. The third-order valence-electron chi connectivity index (χ3n) is 2.75. The number of nitro benzene ring substituents is 1. The summed E-state index contributed by atoms with van der Waals surface area (Å²) in [4.78, 5) is 14.3. The lowest BCUT2D eigenvalue weighted by Gasteiger charge is -2.11. The molecule has 0 amide bonds. The van der Waals surface area contributed by atoms with Crippen LogP contribution in [0.2, 0.25) is 0 Å². The van der Waals surface area contributed by atoms with E-state index in [1.54, 1.807) is 19.1 Å². The number of hydrogen-bond acceptors (Lipinski definition) is 5. The molecule has 7 heteroatoms. The number of rotatable bonds is 4. The fraction of sp³-hybridized carbons (Fsp3) is 0.0769. The molecule has 0 spiro atoms. The zero-order chi connectivity index (χ0) is 14.7. The van der Waals surface area contributed by atoms with Gasteiger partial charge in [0.15, 0.2) is 5.75 Å². The van der Waals surface area contributed by atoms with Crippen LogP contribution < -0.4 is 10.5 Å². The van der Waals surface area contributed by atoms with E-state index in [1.807, 2.05) is 0 Å². The Morgan fingerprint density at radius 3 is 2.80 bits per heavy atom. The van der Waals surface area contributed by atoms with Crippen molar-refractivity contribution in [2.45, 2.75) is 6.92 Å². The minimum Gasteiger partial charge on any atom is -0.454 e. The molecule has 1 aromatic carbocycles. The monoisotopic (exact) mass is 272 g/mol. The van der Waals surface area contributed by atoms with Crippen molar-refractivity contribution in [2.24, 2.45) is 5.73 Å². The van der Waals surface area contributed by atoms with Gasteiger partial charge in [-0.2, -0.15) is 0 Å². The molecule has 2 rings (SSSR count). The third kappa shape index (κ3) is 2.56. The van der Waals surface area contributed by atoms with Crippen LogP contribution in [0.3, 0.4) is 0 Å². The summed E-state index contributed by atoms with van der Waals surface area (Å²) in [5, 5.41) is 18.4. The largest absolute Gasteiger partial charge is 0.454 e. The Morgan fingerprint density at radius 2 is 2.15 bits per heavy atom. The van der Waals surface area contributed by atoms with Crippen molar-refractivity contribution in [1.29, 1.82) is 5.41 Å². The highest BCUT2D eigenvalue weighted by atomic mass is 16.6. The van der Waals surface area contributed by atoms with Gasteiger partial charge in [-0.25, -0.2) is 0 Å². The normalized spacial score (nSPS) is 10.1. The highest BCUT2D eigenvalue weighted by Gasteiger charge is 2.16. The number of benzene rings is 1. The van der Waals surface area contributed by atoms with E-state index in [9.17, 15) is 10.1 Å². The second kappa shape index (κ2) is 5.35. The molecule has 2 aromatic rings. The molecule has 7 nitrogen and oxygen atoms in total. The molecular weight excluding hydrogens is 260 g/mol. The molecule has 0 radical (unpaired) electrons. The van der Waals surface area contributed by atoms with E-state index in [4.69, 9.17) is 15.9 Å². The average molecular weight is 272 g/mol. The molecule has 1 heterocycles.